The fourth-order valence-electron chi connectivity index (χ4n) is 3.02. The summed E-state index contributed by atoms with van der Waals surface area (Å²) < 4.78 is 8.09. The molecule has 1 fully saturated rings. The van der Waals surface area contributed by atoms with Gasteiger partial charge in [-0.3, -0.25) is 4.90 Å². The Morgan fingerprint density at radius 2 is 2.39 bits per heavy atom. The lowest BCUT2D eigenvalue weighted by Gasteiger charge is -2.36. The van der Waals surface area contributed by atoms with Crippen LogP contribution in [0.25, 0.3) is 0 Å². The summed E-state index contributed by atoms with van der Waals surface area (Å²) in [6.45, 7) is 5.56. The second kappa shape index (κ2) is 4.95. The van der Waals surface area contributed by atoms with Gasteiger partial charge in [0.2, 0.25) is 0 Å². The fourth-order valence-corrected chi connectivity index (χ4v) is 3.02. The molecule has 3 rings (SSSR count). The van der Waals surface area contributed by atoms with Crippen molar-refractivity contribution in [1.82, 2.24) is 19.7 Å². The molecule has 2 aliphatic rings. The molecule has 2 aliphatic heterocycles. The fraction of sp³-hybridized carbons (Fsp3) is 0.833. The minimum atomic E-state index is 0.277. The Balaban J connectivity index is 1.70. The molecule has 0 bridgehead atoms. The summed E-state index contributed by atoms with van der Waals surface area (Å²) in [5.41, 5.74) is 5.96. The highest BCUT2D eigenvalue weighted by Gasteiger charge is 2.34. The third-order valence-electron chi connectivity index (χ3n) is 4.07. The minimum Gasteiger partial charge on any atom is -0.374 e. The molecule has 0 spiro atoms. The van der Waals surface area contributed by atoms with Crippen LogP contribution >= 0.6 is 0 Å². The van der Waals surface area contributed by atoms with E-state index < -0.39 is 0 Å². The van der Waals surface area contributed by atoms with E-state index in [2.05, 4.69) is 26.6 Å². The highest BCUT2D eigenvalue weighted by Crippen LogP contribution is 2.25. The van der Waals surface area contributed by atoms with E-state index in [1.165, 1.54) is 0 Å². The Kier molecular flexibility index (Phi) is 3.32. The number of fused-ring (bicyclic) bond motifs is 1. The van der Waals surface area contributed by atoms with Gasteiger partial charge < -0.3 is 15.0 Å². The monoisotopic (exact) mass is 251 g/mol. The van der Waals surface area contributed by atoms with E-state index in [0.29, 0.717) is 18.7 Å². The lowest BCUT2D eigenvalue weighted by Crippen LogP contribution is -2.51. The van der Waals surface area contributed by atoms with Gasteiger partial charge in [-0.25, -0.2) is 0 Å². The second-order valence-corrected chi connectivity index (χ2v) is 5.28. The first-order valence-corrected chi connectivity index (χ1v) is 6.74. The van der Waals surface area contributed by atoms with E-state index in [1.807, 2.05) is 0 Å². The number of hydrogen-bond acceptors (Lipinski definition) is 5. The van der Waals surface area contributed by atoms with Gasteiger partial charge in [-0.2, -0.15) is 0 Å². The third-order valence-corrected chi connectivity index (χ3v) is 4.07. The molecular weight excluding hydrogens is 230 g/mol. The molecule has 0 radical (unpaired) electrons. The van der Waals surface area contributed by atoms with Crippen molar-refractivity contribution in [2.24, 2.45) is 5.73 Å². The van der Waals surface area contributed by atoms with Gasteiger partial charge >= 0.3 is 0 Å². The number of ether oxygens (including phenoxy) is 1. The van der Waals surface area contributed by atoms with Crippen LogP contribution in [0, 0.1) is 0 Å². The van der Waals surface area contributed by atoms with Crippen molar-refractivity contribution in [3.63, 3.8) is 0 Å². The molecule has 3 unspecified atom stereocenters. The largest absolute Gasteiger partial charge is 0.374 e. The van der Waals surface area contributed by atoms with Gasteiger partial charge in [0, 0.05) is 25.7 Å². The lowest BCUT2D eigenvalue weighted by atomic mass is 10.1. The number of hydrogen-bond donors (Lipinski definition) is 1. The molecule has 18 heavy (non-hydrogen) atoms. The average Bonchev–Trinajstić information content (AvgIpc) is 2.99. The molecule has 1 aromatic heterocycles. The van der Waals surface area contributed by atoms with Gasteiger partial charge in [0.25, 0.3) is 0 Å². The zero-order valence-corrected chi connectivity index (χ0v) is 10.8. The predicted molar refractivity (Wildman–Crippen MR) is 66.8 cm³/mol. The van der Waals surface area contributed by atoms with Gasteiger partial charge in [0.15, 0.2) is 0 Å². The second-order valence-electron chi connectivity index (χ2n) is 5.28. The van der Waals surface area contributed by atoms with Crippen LogP contribution in [0.3, 0.4) is 0 Å². The molecule has 1 saturated heterocycles. The summed E-state index contributed by atoms with van der Waals surface area (Å²) in [5, 5.41) is 8.11. The van der Waals surface area contributed by atoms with Crippen LogP contribution in [-0.2, 0) is 17.8 Å². The van der Waals surface area contributed by atoms with Crippen molar-refractivity contribution in [2.45, 2.75) is 51.1 Å². The molecule has 2 N–H and O–H groups in total. The van der Waals surface area contributed by atoms with E-state index in [4.69, 9.17) is 10.5 Å². The van der Waals surface area contributed by atoms with Crippen molar-refractivity contribution >= 4 is 0 Å². The van der Waals surface area contributed by atoms with E-state index in [1.54, 1.807) is 6.33 Å². The van der Waals surface area contributed by atoms with Gasteiger partial charge in [-0.15, -0.1) is 10.2 Å². The maximum Gasteiger partial charge on any atom is 0.147 e. The summed E-state index contributed by atoms with van der Waals surface area (Å²) >= 11 is 0. The molecule has 3 atom stereocenters. The molecule has 1 aromatic rings. The topological polar surface area (TPSA) is 69.2 Å². The molecule has 6 nitrogen and oxygen atoms in total. The lowest BCUT2D eigenvalue weighted by molar-refractivity contribution is -0.0124. The van der Waals surface area contributed by atoms with Crippen LogP contribution in [0.2, 0.25) is 0 Å². The summed E-state index contributed by atoms with van der Waals surface area (Å²) in [6, 6.07) is 0.306. The highest BCUT2D eigenvalue weighted by molar-refractivity contribution is 4.94. The molecule has 0 saturated carbocycles. The van der Waals surface area contributed by atoms with Crippen molar-refractivity contribution in [2.75, 3.05) is 13.1 Å². The SMILES string of the molecule is CC1CCC(C(CN)N2CCn3cnnc3C2)O1. The average molecular weight is 251 g/mol. The molecule has 3 heterocycles. The third kappa shape index (κ3) is 2.15. The summed E-state index contributed by atoms with van der Waals surface area (Å²) in [7, 11) is 0. The van der Waals surface area contributed by atoms with Crippen molar-refractivity contribution in [3.05, 3.63) is 12.2 Å². The van der Waals surface area contributed by atoms with Crippen molar-refractivity contribution in [3.8, 4) is 0 Å². The Labute approximate surface area is 107 Å². The maximum absolute atomic E-state index is 5.97. The van der Waals surface area contributed by atoms with Crippen molar-refractivity contribution in [1.29, 1.82) is 0 Å². The Hall–Kier alpha value is -0.980. The quantitative estimate of drug-likeness (QED) is 0.818. The van der Waals surface area contributed by atoms with E-state index in [9.17, 15) is 0 Å². The van der Waals surface area contributed by atoms with Gasteiger partial charge in [-0.1, -0.05) is 0 Å². The number of nitrogens with two attached hydrogens (primary N) is 1. The van der Waals surface area contributed by atoms with Crippen LogP contribution < -0.4 is 5.73 Å². The number of rotatable bonds is 3. The molecule has 0 amide bonds. The van der Waals surface area contributed by atoms with Crippen LogP contribution in [-0.4, -0.2) is 51.0 Å². The highest BCUT2D eigenvalue weighted by atomic mass is 16.5. The standard InChI is InChI=1S/C12H21N5O/c1-9-2-3-11(18-9)10(6-13)16-4-5-17-8-14-15-12(17)7-16/h8-11H,2-7,13H2,1H3. The number of nitrogens with zero attached hydrogens (tertiary/aromatic N) is 4. The van der Waals surface area contributed by atoms with Crippen LogP contribution in [0.5, 0.6) is 0 Å². The molecule has 100 valence electrons. The Morgan fingerprint density at radius 1 is 1.50 bits per heavy atom. The van der Waals surface area contributed by atoms with Crippen LogP contribution in [0.1, 0.15) is 25.6 Å². The smallest absolute Gasteiger partial charge is 0.147 e. The molecule has 0 aliphatic carbocycles. The van der Waals surface area contributed by atoms with Gasteiger partial charge in [-0.05, 0) is 19.8 Å². The molecule has 6 heteroatoms. The predicted octanol–water partition coefficient (Wildman–Crippen LogP) is -0.0115. The first-order valence-electron chi connectivity index (χ1n) is 6.74. The molecular formula is C12H21N5O. The van der Waals surface area contributed by atoms with E-state index >= 15 is 0 Å². The summed E-state index contributed by atoms with van der Waals surface area (Å²) in [4.78, 5) is 2.40. The molecule has 0 aromatic carbocycles. The van der Waals surface area contributed by atoms with E-state index in [-0.39, 0.29) is 6.10 Å². The number of aromatic nitrogens is 3. The zero-order chi connectivity index (χ0) is 12.5. The van der Waals surface area contributed by atoms with Crippen molar-refractivity contribution < 1.29 is 4.74 Å². The first kappa shape index (κ1) is 12.1. The van der Waals surface area contributed by atoms with E-state index in [0.717, 1.165) is 38.3 Å². The zero-order valence-electron chi connectivity index (χ0n) is 10.8. The van der Waals surface area contributed by atoms with Crippen LogP contribution in [0.4, 0.5) is 0 Å². The maximum atomic E-state index is 5.97. The first-order chi connectivity index (χ1) is 8.78. The Bertz CT molecular complexity index is 407. The van der Waals surface area contributed by atoms with Gasteiger partial charge in [0.05, 0.1) is 18.8 Å². The summed E-state index contributed by atoms with van der Waals surface area (Å²) in [6.07, 6.45) is 4.72. The summed E-state index contributed by atoms with van der Waals surface area (Å²) in [5.74, 6) is 1.03. The van der Waals surface area contributed by atoms with Crippen LogP contribution in [0.15, 0.2) is 6.33 Å². The normalized spacial score (nSPS) is 30.3. The van der Waals surface area contributed by atoms with Gasteiger partial charge in [0.1, 0.15) is 12.2 Å². The minimum absolute atomic E-state index is 0.277. The Morgan fingerprint density at radius 3 is 3.11 bits per heavy atom.